The molecule has 0 bridgehead atoms. The maximum Gasteiger partial charge on any atom is 0.125 e. The summed E-state index contributed by atoms with van der Waals surface area (Å²) in [5.41, 5.74) is 0.983. The number of fused-ring (bicyclic) bond motifs is 2. The third kappa shape index (κ3) is 1.61. The molecule has 16 heavy (non-hydrogen) atoms. The minimum Gasteiger partial charge on any atom is -0.493 e. The molecule has 1 N–H and O–H groups in total. The predicted molar refractivity (Wildman–Crippen MR) is 62.3 cm³/mol. The molecule has 1 aliphatic carbocycles. The Morgan fingerprint density at radius 1 is 1.12 bits per heavy atom. The Bertz CT molecular complexity index is 375. The van der Waals surface area contributed by atoms with Crippen molar-refractivity contribution in [1.29, 1.82) is 0 Å². The molecule has 1 saturated carbocycles. The molecule has 1 heterocycles. The first kappa shape index (κ1) is 10.2. The summed E-state index contributed by atoms with van der Waals surface area (Å²) in [6.07, 6.45) is 4.55. The second-order valence-electron chi connectivity index (χ2n) is 5.00. The molecule has 1 aromatic carbocycles. The molecular weight excluding hydrogens is 200 g/mol. The fraction of sp³-hybridized carbons (Fsp3) is 0.571. The second kappa shape index (κ2) is 4.10. The fourth-order valence-corrected chi connectivity index (χ4v) is 3.14. The van der Waals surface area contributed by atoms with Crippen molar-refractivity contribution in [3.63, 3.8) is 0 Å². The van der Waals surface area contributed by atoms with Crippen LogP contribution in [0.1, 0.15) is 37.4 Å². The first-order valence-electron chi connectivity index (χ1n) is 6.26. The van der Waals surface area contributed by atoms with Crippen LogP contribution in [0.5, 0.6) is 5.75 Å². The van der Waals surface area contributed by atoms with Crippen LogP contribution < -0.4 is 4.74 Å². The zero-order valence-corrected chi connectivity index (χ0v) is 9.43. The lowest BCUT2D eigenvalue weighted by atomic mass is 9.75. The topological polar surface area (TPSA) is 29.5 Å². The van der Waals surface area contributed by atoms with Gasteiger partial charge in [0.25, 0.3) is 0 Å². The average molecular weight is 218 g/mol. The fourth-order valence-electron chi connectivity index (χ4n) is 3.14. The number of para-hydroxylation sites is 1. The lowest BCUT2D eigenvalue weighted by Crippen LogP contribution is -2.27. The van der Waals surface area contributed by atoms with Crippen LogP contribution >= 0.6 is 0 Å². The summed E-state index contributed by atoms with van der Waals surface area (Å²) in [5, 5.41) is 10.5. The highest BCUT2D eigenvalue weighted by molar-refractivity contribution is 5.36. The van der Waals surface area contributed by atoms with E-state index in [1.54, 1.807) is 0 Å². The minimum absolute atomic E-state index is 0.330. The maximum atomic E-state index is 10.5. The molecule has 1 fully saturated rings. The molecule has 1 aromatic rings. The van der Waals surface area contributed by atoms with Gasteiger partial charge in [0.1, 0.15) is 5.75 Å². The SMILES string of the molecule is OC1c2ccccc2OC[C@@H]2CCCC[C@@H]12. The van der Waals surface area contributed by atoms with Gasteiger partial charge in [0.05, 0.1) is 12.7 Å². The maximum absolute atomic E-state index is 10.5. The molecule has 0 amide bonds. The van der Waals surface area contributed by atoms with Crippen LogP contribution in [-0.4, -0.2) is 11.7 Å². The Balaban J connectivity index is 1.96. The second-order valence-corrected chi connectivity index (χ2v) is 5.00. The molecular formula is C14H18O2. The van der Waals surface area contributed by atoms with E-state index in [0.717, 1.165) is 24.3 Å². The van der Waals surface area contributed by atoms with Crippen LogP contribution in [0.25, 0.3) is 0 Å². The van der Waals surface area contributed by atoms with E-state index in [1.165, 1.54) is 19.3 Å². The first-order valence-corrected chi connectivity index (χ1v) is 6.26. The van der Waals surface area contributed by atoms with Crippen LogP contribution in [0.4, 0.5) is 0 Å². The van der Waals surface area contributed by atoms with Gasteiger partial charge in [0.15, 0.2) is 0 Å². The predicted octanol–water partition coefficient (Wildman–Crippen LogP) is 2.92. The van der Waals surface area contributed by atoms with Gasteiger partial charge in [-0.1, -0.05) is 31.0 Å². The van der Waals surface area contributed by atoms with E-state index in [9.17, 15) is 5.11 Å². The van der Waals surface area contributed by atoms with Crippen LogP contribution in [0.3, 0.4) is 0 Å². The van der Waals surface area contributed by atoms with Crippen LogP contribution in [0, 0.1) is 11.8 Å². The van der Waals surface area contributed by atoms with Crippen molar-refractivity contribution in [3.05, 3.63) is 29.8 Å². The minimum atomic E-state index is -0.330. The van der Waals surface area contributed by atoms with Gasteiger partial charge in [-0.25, -0.2) is 0 Å². The molecule has 2 nitrogen and oxygen atoms in total. The summed E-state index contributed by atoms with van der Waals surface area (Å²) in [6, 6.07) is 7.92. The van der Waals surface area contributed by atoms with E-state index < -0.39 is 0 Å². The molecule has 1 aliphatic heterocycles. The zero-order valence-electron chi connectivity index (χ0n) is 9.43. The van der Waals surface area contributed by atoms with Crippen molar-refractivity contribution < 1.29 is 9.84 Å². The Kier molecular flexibility index (Phi) is 2.60. The number of benzene rings is 1. The Labute approximate surface area is 96.2 Å². The zero-order chi connectivity index (χ0) is 11.0. The van der Waals surface area contributed by atoms with Gasteiger partial charge in [-0.3, -0.25) is 0 Å². The van der Waals surface area contributed by atoms with Crippen molar-refractivity contribution in [2.75, 3.05) is 6.61 Å². The van der Waals surface area contributed by atoms with E-state index in [1.807, 2.05) is 24.3 Å². The van der Waals surface area contributed by atoms with Crippen molar-refractivity contribution in [2.45, 2.75) is 31.8 Å². The number of hydrogen-bond donors (Lipinski definition) is 1. The summed E-state index contributed by atoms with van der Waals surface area (Å²) in [5.74, 6) is 1.82. The van der Waals surface area contributed by atoms with Crippen LogP contribution in [-0.2, 0) is 0 Å². The molecule has 86 valence electrons. The molecule has 3 rings (SSSR count). The number of ether oxygens (including phenoxy) is 1. The number of aliphatic hydroxyl groups is 1. The highest BCUT2D eigenvalue weighted by atomic mass is 16.5. The summed E-state index contributed by atoms with van der Waals surface area (Å²) in [4.78, 5) is 0. The standard InChI is InChI=1S/C14H18O2/c15-14-11-6-2-1-5-10(11)9-16-13-8-4-3-7-12(13)14/h3-4,7-8,10-11,14-15H,1-2,5-6,9H2/t10-,11+,14?/m0/s1. The molecule has 0 radical (unpaired) electrons. The van der Waals surface area contributed by atoms with E-state index in [2.05, 4.69) is 0 Å². The van der Waals surface area contributed by atoms with Gasteiger partial charge in [-0.05, 0) is 30.7 Å². The highest BCUT2D eigenvalue weighted by Crippen LogP contribution is 2.43. The van der Waals surface area contributed by atoms with Crippen molar-refractivity contribution in [2.24, 2.45) is 11.8 Å². The summed E-state index contributed by atoms with van der Waals surface area (Å²) in [7, 11) is 0. The molecule has 0 aromatic heterocycles. The Morgan fingerprint density at radius 3 is 2.88 bits per heavy atom. The third-order valence-corrected chi connectivity index (χ3v) is 4.06. The Morgan fingerprint density at radius 2 is 1.94 bits per heavy atom. The van der Waals surface area contributed by atoms with Crippen LogP contribution in [0.15, 0.2) is 24.3 Å². The number of rotatable bonds is 0. The van der Waals surface area contributed by atoms with Gasteiger partial charge >= 0.3 is 0 Å². The van der Waals surface area contributed by atoms with Gasteiger partial charge in [0.2, 0.25) is 0 Å². The molecule has 2 heteroatoms. The highest BCUT2D eigenvalue weighted by Gasteiger charge is 2.35. The first-order chi connectivity index (χ1) is 7.86. The molecule has 3 atom stereocenters. The largest absolute Gasteiger partial charge is 0.493 e. The molecule has 1 unspecified atom stereocenters. The van der Waals surface area contributed by atoms with Gasteiger partial charge in [0, 0.05) is 5.56 Å². The normalized spacial score (nSPS) is 33.2. The molecule has 0 saturated heterocycles. The van der Waals surface area contributed by atoms with E-state index in [-0.39, 0.29) is 6.10 Å². The van der Waals surface area contributed by atoms with Gasteiger partial charge in [-0.15, -0.1) is 0 Å². The summed E-state index contributed by atoms with van der Waals surface area (Å²) in [6.45, 7) is 0.777. The van der Waals surface area contributed by atoms with E-state index in [4.69, 9.17) is 4.74 Å². The molecule has 0 spiro atoms. The van der Waals surface area contributed by atoms with Crippen LogP contribution in [0.2, 0.25) is 0 Å². The van der Waals surface area contributed by atoms with E-state index >= 15 is 0 Å². The monoisotopic (exact) mass is 218 g/mol. The van der Waals surface area contributed by atoms with Gasteiger partial charge in [-0.2, -0.15) is 0 Å². The smallest absolute Gasteiger partial charge is 0.125 e. The lowest BCUT2D eigenvalue weighted by Gasteiger charge is -2.31. The summed E-state index contributed by atoms with van der Waals surface area (Å²) < 4.78 is 5.83. The third-order valence-electron chi connectivity index (χ3n) is 4.06. The number of aliphatic hydroxyl groups excluding tert-OH is 1. The van der Waals surface area contributed by atoms with Crippen molar-refractivity contribution >= 4 is 0 Å². The van der Waals surface area contributed by atoms with E-state index in [0.29, 0.717) is 11.8 Å². The van der Waals surface area contributed by atoms with Gasteiger partial charge < -0.3 is 9.84 Å². The number of hydrogen-bond acceptors (Lipinski definition) is 2. The lowest BCUT2D eigenvalue weighted by molar-refractivity contribution is 0.0422. The van der Waals surface area contributed by atoms with Crippen molar-refractivity contribution in [1.82, 2.24) is 0 Å². The Hall–Kier alpha value is -1.02. The summed E-state index contributed by atoms with van der Waals surface area (Å²) >= 11 is 0. The van der Waals surface area contributed by atoms with Crippen molar-refractivity contribution in [3.8, 4) is 5.75 Å². The average Bonchev–Trinajstić information content (AvgIpc) is 2.49. The quantitative estimate of drug-likeness (QED) is 0.725. The molecule has 2 aliphatic rings.